The predicted octanol–water partition coefficient (Wildman–Crippen LogP) is 3.55. The lowest BCUT2D eigenvalue weighted by Crippen LogP contribution is -2.02. The molecule has 2 N–H and O–H groups in total. The van der Waals surface area contributed by atoms with Crippen LogP contribution in [0.5, 0.6) is 5.75 Å². The molecule has 0 saturated heterocycles. The van der Waals surface area contributed by atoms with Crippen molar-refractivity contribution in [3.05, 3.63) is 59.4 Å². The molecule has 0 bridgehead atoms. The average Bonchev–Trinajstić information content (AvgIpc) is 2.40. The van der Waals surface area contributed by atoms with E-state index in [0.717, 1.165) is 17.7 Å². The number of ether oxygens (including phenoxy) is 1. The molecule has 2 aromatic rings. The summed E-state index contributed by atoms with van der Waals surface area (Å²) in [5, 5.41) is 0. The molecule has 0 radical (unpaired) electrons. The Morgan fingerprint density at radius 1 is 1.11 bits per heavy atom. The Bertz CT molecular complexity index is 540. The highest BCUT2D eigenvalue weighted by Crippen LogP contribution is 2.21. The molecule has 2 nitrogen and oxygen atoms in total. The topological polar surface area (TPSA) is 35.2 Å². The van der Waals surface area contributed by atoms with Crippen LogP contribution in [-0.2, 0) is 13.0 Å². The average molecular weight is 245 g/mol. The van der Waals surface area contributed by atoms with Gasteiger partial charge in [0, 0.05) is 11.3 Å². The number of nitrogen functional groups attached to an aromatic ring is 1. The van der Waals surface area contributed by atoms with Crippen molar-refractivity contribution >= 4 is 5.69 Å². The van der Waals surface area contributed by atoms with E-state index < -0.39 is 0 Å². The van der Waals surface area contributed by atoms with Gasteiger partial charge >= 0.3 is 0 Å². The van der Waals surface area contributed by atoms with Crippen LogP contribution in [0.15, 0.2) is 42.5 Å². The van der Waals surface area contributed by atoms with Gasteiger partial charge in [0.1, 0.15) is 18.2 Å². The highest BCUT2D eigenvalue weighted by atomic mass is 19.1. The summed E-state index contributed by atoms with van der Waals surface area (Å²) in [5.41, 5.74) is 8.12. The van der Waals surface area contributed by atoms with E-state index >= 15 is 0 Å². The number of nitrogens with two attached hydrogens (primary N) is 1. The van der Waals surface area contributed by atoms with Crippen molar-refractivity contribution in [1.29, 1.82) is 0 Å². The van der Waals surface area contributed by atoms with Gasteiger partial charge in [-0.25, -0.2) is 4.39 Å². The summed E-state index contributed by atoms with van der Waals surface area (Å²) in [6, 6.07) is 12.1. The van der Waals surface area contributed by atoms with Gasteiger partial charge in [-0.05, 0) is 36.2 Å². The van der Waals surface area contributed by atoms with Gasteiger partial charge in [0.05, 0.1) is 0 Å². The van der Waals surface area contributed by atoms with Gasteiger partial charge in [0.15, 0.2) is 0 Å². The Kier molecular flexibility index (Phi) is 3.82. The lowest BCUT2D eigenvalue weighted by atomic mass is 10.1. The zero-order valence-corrected chi connectivity index (χ0v) is 10.3. The Balaban J connectivity index is 2.14. The van der Waals surface area contributed by atoms with Crippen LogP contribution in [0.3, 0.4) is 0 Å². The third-order valence-electron chi connectivity index (χ3n) is 2.84. The van der Waals surface area contributed by atoms with Crippen molar-refractivity contribution in [2.75, 3.05) is 5.73 Å². The van der Waals surface area contributed by atoms with Crippen molar-refractivity contribution in [3.63, 3.8) is 0 Å². The van der Waals surface area contributed by atoms with E-state index in [1.807, 2.05) is 24.3 Å². The van der Waals surface area contributed by atoms with Crippen LogP contribution < -0.4 is 10.5 Å². The number of benzene rings is 2. The molecule has 0 saturated carbocycles. The number of halogens is 1. The van der Waals surface area contributed by atoms with Gasteiger partial charge < -0.3 is 10.5 Å². The van der Waals surface area contributed by atoms with Gasteiger partial charge in [0.25, 0.3) is 0 Å². The quantitative estimate of drug-likeness (QED) is 0.836. The predicted molar refractivity (Wildman–Crippen MR) is 71.0 cm³/mol. The molecule has 3 heteroatoms. The maximum absolute atomic E-state index is 13.1. The van der Waals surface area contributed by atoms with Crippen molar-refractivity contribution < 1.29 is 9.13 Å². The minimum Gasteiger partial charge on any atom is -0.489 e. The zero-order valence-electron chi connectivity index (χ0n) is 10.3. The maximum atomic E-state index is 13.1. The second-order valence-corrected chi connectivity index (χ2v) is 4.09. The third kappa shape index (κ3) is 2.80. The molecule has 0 amide bonds. The number of aryl methyl sites for hydroxylation is 1. The minimum atomic E-state index is -0.299. The lowest BCUT2D eigenvalue weighted by Gasteiger charge is -2.11. The van der Waals surface area contributed by atoms with Crippen LogP contribution >= 0.6 is 0 Å². The largest absolute Gasteiger partial charge is 0.489 e. The molecule has 0 aromatic heterocycles. The van der Waals surface area contributed by atoms with Gasteiger partial charge in [-0.3, -0.25) is 0 Å². The van der Waals surface area contributed by atoms with Crippen LogP contribution in [0.2, 0.25) is 0 Å². The molecule has 0 atom stereocenters. The first kappa shape index (κ1) is 12.4. The second-order valence-electron chi connectivity index (χ2n) is 4.09. The van der Waals surface area contributed by atoms with E-state index in [-0.39, 0.29) is 12.4 Å². The van der Waals surface area contributed by atoms with E-state index in [1.165, 1.54) is 12.1 Å². The summed E-state index contributed by atoms with van der Waals surface area (Å²) in [5.74, 6) is 0.523. The Labute approximate surface area is 106 Å². The Morgan fingerprint density at radius 3 is 2.67 bits per heavy atom. The summed E-state index contributed by atoms with van der Waals surface area (Å²) >= 11 is 0. The molecule has 18 heavy (non-hydrogen) atoms. The molecule has 0 unspecified atom stereocenters. The van der Waals surface area contributed by atoms with Gasteiger partial charge in [-0.1, -0.05) is 25.1 Å². The molecule has 2 rings (SSSR count). The smallest absolute Gasteiger partial charge is 0.123 e. The Morgan fingerprint density at radius 2 is 1.89 bits per heavy atom. The fourth-order valence-corrected chi connectivity index (χ4v) is 1.79. The van der Waals surface area contributed by atoms with Crippen LogP contribution in [0.4, 0.5) is 10.1 Å². The number of para-hydroxylation sites is 1. The maximum Gasteiger partial charge on any atom is 0.123 e. The van der Waals surface area contributed by atoms with Crippen molar-refractivity contribution in [1.82, 2.24) is 0 Å². The fraction of sp³-hybridized carbons (Fsp3) is 0.200. The molecule has 0 fully saturated rings. The second kappa shape index (κ2) is 5.54. The normalized spacial score (nSPS) is 10.3. The molecule has 0 aliphatic carbocycles. The summed E-state index contributed by atoms with van der Waals surface area (Å²) in [6.07, 6.45) is 0.898. The van der Waals surface area contributed by atoms with Gasteiger partial charge in [0.2, 0.25) is 0 Å². The highest BCUT2D eigenvalue weighted by Gasteiger charge is 2.04. The van der Waals surface area contributed by atoms with E-state index in [4.69, 9.17) is 10.5 Å². The summed E-state index contributed by atoms with van der Waals surface area (Å²) in [4.78, 5) is 0. The van der Waals surface area contributed by atoms with Crippen molar-refractivity contribution in [3.8, 4) is 5.75 Å². The number of hydrogen-bond acceptors (Lipinski definition) is 2. The third-order valence-corrected chi connectivity index (χ3v) is 2.84. The molecular formula is C15H16FNO. The monoisotopic (exact) mass is 245 g/mol. The van der Waals surface area contributed by atoms with Crippen molar-refractivity contribution in [2.24, 2.45) is 0 Å². The van der Waals surface area contributed by atoms with Crippen molar-refractivity contribution in [2.45, 2.75) is 20.0 Å². The SMILES string of the molecule is CCc1ccccc1OCc1cc(F)ccc1N. The van der Waals surface area contributed by atoms with E-state index in [9.17, 15) is 4.39 Å². The van der Waals surface area contributed by atoms with Gasteiger partial charge in [-0.15, -0.1) is 0 Å². The first-order valence-electron chi connectivity index (χ1n) is 5.95. The molecule has 2 aromatic carbocycles. The highest BCUT2D eigenvalue weighted by molar-refractivity contribution is 5.46. The first-order valence-corrected chi connectivity index (χ1v) is 5.95. The first-order chi connectivity index (χ1) is 8.70. The standard InChI is InChI=1S/C15H16FNO/c1-2-11-5-3-4-6-15(11)18-10-12-9-13(16)7-8-14(12)17/h3-9H,2,10,17H2,1H3. The van der Waals surface area contributed by atoms with Crippen LogP contribution in [0.25, 0.3) is 0 Å². The molecule has 0 heterocycles. The number of hydrogen-bond donors (Lipinski definition) is 1. The zero-order chi connectivity index (χ0) is 13.0. The summed E-state index contributed by atoms with van der Waals surface area (Å²) in [7, 11) is 0. The number of rotatable bonds is 4. The van der Waals surface area contributed by atoms with E-state index in [1.54, 1.807) is 6.07 Å². The van der Waals surface area contributed by atoms with Crippen LogP contribution in [0, 0.1) is 5.82 Å². The van der Waals surface area contributed by atoms with Crippen LogP contribution in [-0.4, -0.2) is 0 Å². The number of anilines is 1. The lowest BCUT2D eigenvalue weighted by molar-refractivity contribution is 0.303. The van der Waals surface area contributed by atoms with E-state index in [2.05, 4.69) is 6.92 Å². The summed E-state index contributed by atoms with van der Waals surface area (Å²) in [6.45, 7) is 2.35. The molecule has 0 aliphatic heterocycles. The minimum absolute atomic E-state index is 0.278. The molecular weight excluding hydrogens is 229 g/mol. The Hall–Kier alpha value is -2.03. The summed E-state index contributed by atoms with van der Waals surface area (Å²) < 4.78 is 18.8. The van der Waals surface area contributed by atoms with Gasteiger partial charge in [-0.2, -0.15) is 0 Å². The molecule has 0 aliphatic rings. The van der Waals surface area contributed by atoms with Crippen LogP contribution in [0.1, 0.15) is 18.1 Å². The fourth-order valence-electron chi connectivity index (χ4n) is 1.79. The molecule has 0 spiro atoms. The van der Waals surface area contributed by atoms with E-state index in [0.29, 0.717) is 11.3 Å². The molecule has 94 valence electrons.